The van der Waals surface area contributed by atoms with Crippen LogP contribution in [0.4, 0.5) is 0 Å². The number of fused-ring (bicyclic) bond motifs is 1. The number of guanidine groups is 1. The lowest BCUT2D eigenvalue weighted by atomic mass is 9.79. The Balaban J connectivity index is 1.32. The van der Waals surface area contributed by atoms with E-state index < -0.39 is 0 Å². The predicted octanol–water partition coefficient (Wildman–Crippen LogP) is 2.40. The Morgan fingerprint density at radius 3 is 2.96 bits per heavy atom. The molecular weight excluding hydrogens is 352 g/mol. The number of hydrogen-bond donors (Lipinski definition) is 2. The summed E-state index contributed by atoms with van der Waals surface area (Å²) in [6.45, 7) is 3.86. The third kappa shape index (κ3) is 3.91. The molecule has 0 aliphatic carbocycles. The van der Waals surface area contributed by atoms with Crippen molar-refractivity contribution >= 4 is 22.6 Å². The molecule has 0 bridgehead atoms. The summed E-state index contributed by atoms with van der Waals surface area (Å²) in [6, 6.07) is 14.4. The molecule has 2 saturated heterocycles. The van der Waals surface area contributed by atoms with Gasteiger partial charge in [-0.15, -0.1) is 0 Å². The van der Waals surface area contributed by atoms with Crippen LogP contribution >= 0.6 is 0 Å². The fourth-order valence-corrected chi connectivity index (χ4v) is 4.41. The number of hydrogen-bond acceptors (Lipinski definition) is 3. The van der Waals surface area contributed by atoms with Crippen LogP contribution in [0.15, 0.2) is 47.5 Å². The van der Waals surface area contributed by atoms with Crippen LogP contribution in [0.1, 0.15) is 19.3 Å². The number of nitrogens with one attached hydrogen (secondary N) is 2. The molecule has 2 fully saturated rings. The average molecular weight is 380 g/mol. The summed E-state index contributed by atoms with van der Waals surface area (Å²) in [5.74, 6) is 1.97. The van der Waals surface area contributed by atoms with Crippen LogP contribution in [0.25, 0.3) is 10.8 Å². The minimum absolute atomic E-state index is 0.0619. The fourth-order valence-electron chi connectivity index (χ4n) is 4.41. The Morgan fingerprint density at radius 2 is 2.14 bits per heavy atom. The molecule has 28 heavy (non-hydrogen) atoms. The minimum atomic E-state index is 0.0619. The normalized spacial score (nSPS) is 22.5. The summed E-state index contributed by atoms with van der Waals surface area (Å²) in [5, 5.41) is 8.73. The van der Waals surface area contributed by atoms with Crippen molar-refractivity contribution in [3.8, 4) is 5.75 Å². The maximum atomic E-state index is 11.7. The molecule has 2 aliphatic heterocycles. The van der Waals surface area contributed by atoms with E-state index in [1.807, 2.05) is 31.3 Å². The first kappa shape index (κ1) is 18.6. The third-order valence-electron chi connectivity index (χ3n) is 5.76. The Labute approximate surface area is 166 Å². The van der Waals surface area contributed by atoms with E-state index in [1.165, 1.54) is 5.39 Å². The zero-order valence-corrected chi connectivity index (χ0v) is 16.4. The van der Waals surface area contributed by atoms with Gasteiger partial charge < -0.3 is 20.3 Å². The Morgan fingerprint density at radius 1 is 1.29 bits per heavy atom. The highest BCUT2D eigenvalue weighted by atomic mass is 16.5. The number of aliphatic imine (C=N–C) groups is 1. The van der Waals surface area contributed by atoms with Crippen LogP contribution in [0.2, 0.25) is 0 Å². The standard InChI is InChI=1S/C22H28N4O2/c1-23-21(26-12-5-10-22(16-26)14-20(27)25-15-22)24-11-13-28-19-9-4-7-17-6-2-3-8-18(17)19/h2-4,6-9H,5,10-16H2,1H3,(H,23,24)(H,25,27). The van der Waals surface area contributed by atoms with Crippen molar-refractivity contribution in [1.29, 1.82) is 0 Å². The summed E-state index contributed by atoms with van der Waals surface area (Å²) in [7, 11) is 1.81. The summed E-state index contributed by atoms with van der Waals surface area (Å²) in [5.41, 5.74) is 0.0619. The van der Waals surface area contributed by atoms with E-state index in [2.05, 4.69) is 38.7 Å². The first-order valence-corrected chi connectivity index (χ1v) is 10.0. The number of piperidine rings is 1. The van der Waals surface area contributed by atoms with E-state index in [-0.39, 0.29) is 11.3 Å². The summed E-state index contributed by atoms with van der Waals surface area (Å²) >= 11 is 0. The molecule has 148 valence electrons. The van der Waals surface area contributed by atoms with Gasteiger partial charge in [-0.2, -0.15) is 0 Å². The number of nitrogens with zero attached hydrogens (tertiary/aromatic N) is 2. The van der Waals surface area contributed by atoms with E-state index in [4.69, 9.17) is 4.74 Å². The Bertz CT molecular complexity index is 876. The van der Waals surface area contributed by atoms with Gasteiger partial charge in [-0.3, -0.25) is 9.79 Å². The van der Waals surface area contributed by atoms with Gasteiger partial charge in [0, 0.05) is 43.9 Å². The first-order chi connectivity index (χ1) is 13.7. The number of likely N-dealkylation sites (tertiary alicyclic amines) is 1. The maximum Gasteiger partial charge on any atom is 0.220 e. The number of carbonyl (C=O) groups is 1. The fraction of sp³-hybridized carbons (Fsp3) is 0.455. The largest absolute Gasteiger partial charge is 0.491 e. The first-order valence-electron chi connectivity index (χ1n) is 10.0. The second kappa shape index (κ2) is 8.09. The summed E-state index contributed by atoms with van der Waals surface area (Å²) < 4.78 is 6.02. The van der Waals surface area contributed by atoms with Crippen molar-refractivity contribution in [1.82, 2.24) is 15.5 Å². The van der Waals surface area contributed by atoms with Crippen LogP contribution in [0.3, 0.4) is 0 Å². The lowest BCUT2D eigenvalue weighted by Gasteiger charge is -2.40. The van der Waals surface area contributed by atoms with Gasteiger partial charge in [-0.05, 0) is 24.3 Å². The molecule has 1 unspecified atom stereocenters. The second-order valence-electron chi connectivity index (χ2n) is 7.78. The predicted molar refractivity (Wildman–Crippen MR) is 112 cm³/mol. The third-order valence-corrected chi connectivity index (χ3v) is 5.76. The maximum absolute atomic E-state index is 11.7. The smallest absolute Gasteiger partial charge is 0.220 e. The monoisotopic (exact) mass is 380 g/mol. The van der Waals surface area contributed by atoms with Gasteiger partial charge >= 0.3 is 0 Å². The van der Waals surface area contributed by atoms with E-state index >= 15 is 0 Å². The van der Waals surface area contributed by atoms with Gasteiger partial charge in [0.15, 0.2) is 5.96 Å². The SMILES string of the molecule is CN=C(NCCOc1cccc2ccccc12)N1CCCC2(CNC(=O)C2)C1. The molecule has 1 amide bonds. The molecule has 2 aromatic carbocycles. The lowest BCUT2D eigenvalue weighted by Crippen LogP contribution is -2.51. The van der Waals surface area contributed by atoms with Gasteiger partial charge in [0.25, 0.3) is 0 Å². The van der Waals surface area contributed by atoms with Gasteiger partial charge in [0.1, 0.15) is 12.4 Å². The molecule has 0 radical (unpaired) electrons. The molecule has 2 N–H and O–H groups in total. The molecule has 1 atom stereocenters. The molecule has 2 aliphatic rings. The molecule has 6 heteroatoms. The molecule has 4 rings (SSSR count). The lowest BCUT2D eigenvalue weighted by molar-refractivity contribution is -0.119. The number of rotatable bonds is 4. The van der Waals surface area contributed by atoms with Crippen molar-refractivity contribution in [2.75, 3.05) is 39.8 Å². The van der Waals surface area contributed by atoms with Gasteiger partial charge in [-0.1, -0.05) is 36.4 Å². The van der Waals surface area contributed by atoms with Crippen molar-refractivity contribution in [2.45, 2.75) is 19.3 Å². The highest BCUT2D eigenvalue weighted by Crippen LogP contribution is 2.36. The van der Waals surface area contributed by atoms with Crippen LogP contribution in [0, 0.1) is 5.41 Å². The number of ether oxygens (including phenoxy) is 1. The second-order valence-corrected chi connectivity index (χ2v) is 7.78. The van der Waals surface area contributed by atoms with Gasteiger partial charge in [0.2, 0.25) is 5.91 Å². The highest BCUT2D eigenvalue weighted by molar-refractivity contribution is 5.88. The molecule has 0 saturated carbocycles. The van der Waals surface area contributed by atoms with Gasteiger partial charge in [-0.25, -0.2) is 0 Å². The van der Waals surface area contributed by atoms with E-state index in [0.29, 0.717) is 19.6 Å². The zero-order chi connectivity index (χ0) is 19.4. The average Bonchev–Trinajstić information content (AvgIpc) is 3.07. The van der Waals surface area contributed by atoms with Crippen molar-refractivity contribution in [3.05, 3.63) is 42.5 Å². The number of amides is 1. The van der Waals surface area contributed by atoms with Crippen LogP contribution < -0.4 is 15.4 Å². The van der Waals surface area contributed by atoms with E-state index in [0.717, 1.165) is 49.6 Å². The van der Waals surface area contributed by atoms with Gasteiger partial charge in [0.05, 0.1) is 6.54 Å². The molecule has 1 spiro atoms. The quantitative estimate of drug-likeness (QED) is 0.486. The number of carbonyl (C=O) groups excluding carboxylic acids is 1. The highest BCUT2D eigenvalue weighted by Gasteiger charge is 2.42. The zero-order valence-electron chi connectivity index (χ0n) is 16.4. The summed E-state index contributed by atoms with van der Waals surface area (Å²) in [4.78, 5) is 18.4. The Kier molecular flexibility index (Phi) is 5.37. The van der Waals surface area contributed by atoms with Crippen LogP contribution in [0.5, 0.6) is 5.75 Å². The van der Waals surface area contributed by atoms with Crippen LogP contribution in [-0.2, 0) is 4.79 Å². The molecular formula is C22H28N4O2. The van der Waals surface area contributed by atoms with E-state index in [9.17, 15) is 4.79 Å². The van der Waals surface area contributed by atoms with E-state index in [1.54, 1.807) is 0 Å². The molecule has 2 heterocycles. The summed E-state index contributed by atoms with van der Waals surface area (Å²) in [6.07, 6.45) is 2.82. The van der Waals surface area contributed by atoms with Crippen molar-refractivity contribution in [3.63, 3.8) is 0 Å². The van der Waals surface area contributed by atoms with Crippen LogP contribution in [-0.4, -0.2) is 56.6 Å². The molecule has 2 aromatic rings. The Hall–Kier alpha value is -2.76. The number of benzene rings is 2. The molecule has 6 nitrogen and oxygen atoms in total. The van der Waals surface area contributed by atoms with Crippen molar-refractivity contribution in [2.24, 2.45) is 10.4 Å². The molecule has 0 aromatic heterocycles. The van der Waals surface area contributed by atoms with Crippen molar-refractivity contribution < 1.29 is 9.53 Å². The topological polar surface area (TPSA) is 66.0 Å². The minimum Gasteiger partial charge on any atom is -0.491 e.